The van der Waals surface area contributed by atoms with Crippen molar-refractivity contribution in [3.8, 4) is 5.75 Å². The fraction of sp³-hybridized carbons (Fsp3) is 0.263. The minimum atomic E-state index is -2.51. The highest BCUT2D eigenvalue weighted by Crippen LogP contribution is 2.25. The third kappa shape index (κ3) is 4.74. The molecule has 2 aromatic rings. The number of nitrogens with one attached hydrogen (secondary N) is 1. The van der Waals surface area contributed by atoms with Crippen LogP contribution in [0.25, 0.3) is 0 Å². The number of carbonyl (C=O) groups excluding carboxylic acids is 2. The number of amides is 2. The molecule has 1 saturated heterocycles. The van der Waals surface area contributed by atoms with E-state index in [1.54, 1.807) is 0 Å². The molecular formula is C19H18F2N3O5S-. The Bertz CT molecular complexity index is 996. The lowest BCUT2D eigenvalue weighted by Gasteiger charge is -2.35. The van der Waals surface area contributed by atoms with Crippen molar-refractivity contribution in [1.29, 1.82) is 0 Å². The zero-order valence-corrected chi connectivity index (χ0v) is 16.7. The van der Waals surface area contributed by atoms with Gasteiger partial charge in [-0.05, 0) is 30.3 Å². The van der Waals surface area contributed by atoms with Crippen molar-refractivity contribution >= 4 is 28.8 Å². The second kappa shape index (κ2) is 9.18. The number of halogens is 2. The van der Waals surface area contributed by atoms with Crippen molar-refractivity contribution in [2.24, 2.45) is 0 Å². The molecule has 1 aliphatic heterocycles. The van der Waals surface area contributed by atoms with Crippen molar-refractivity contribution in [1.82, 2.24) is 9.80 Å². The summed E-state index contributed by atoms with van der Waals surface area (Å²) < 4.78 is 55.3. The minimum Gasteiger partial charge on any atom is -0.755 e. The quantitative estimate of drug-likeness (QED) is 0.717. The number of benzene rings is 2. The molecule has 1 aliphatic rings. The summed E-state index contributed by atoms with van der Waals surface area (Å²) in [5.74, 6) is -2.70. The van der Waals surface area contributed by atoms with Crippen LogP contribution in [0.2, 0.25) is 0 Å². The number of nitrogens with zero attached hydrogens (tertiary/aromatic N) is 2. The van der Waals surface area contributed by atoms with Gasteiger partial charge < -0.3 is 23.8 Å². The molecule has 30 heavy (non-hydrogen) atoms. The van der Waals surface area contributed by atoms with Crippen LogP contribution < -0.4 is 9.46 Å². The molecule has 0 aliphatic carbocycles. The van der Waals surface area contributed by atoms with Crippen LogP contribution in [0.4, 0.5) is 14.5 Å². The molecule has 2 aromatic carbocycles. The van der Waals surface area contributed by atoms with Gasteiger partial charge in [-0.15, -0.1) is 0 Å². The first-order valence-electron chi connectivity index (χ1n) is 8.87. The molecule has 1 heterocycles. The van der Waals surface area contributed by atoms with Gasteiger partial charge in [-0.3, -0.25) is 13.8 Å². The molecule has 8 nitrogen and oxygen atoms in total. The molecule has 160 valence electrons. The topological polar surface area (TPSA) is 102 Å². The fourth-order valence-electron chi connectivity index (χ4n) is 3.12. The zero-order chi connectivity index (χ0) is 21.8. The Hall–Kier alpha value is -3.05. The summed E-state index contributed by atoms with van der Waals surface area (Å²) in [5.41, 5.74) is 0.535. The average Bonchev–Trinajstić information content (AvgIpc) is 2.74. The van der Waals surface area contributed by atoms with Crippen molar-refractivity contribution in [3.05, 3.63) is 59.2 Å². The predicted octanol–water partition coefficient (Wildman–Crippen LogP) is 1.78. The van der Waals surface area contributed by atoms with E-state index in [0.717, 1.165) is 12.1 Å². The number of hydrogen-bond acceptors (Lipinski definition) is 5. The van der Waals surface area contributed by atoms with Crippen LogP contribution in [0.5, 0.6) is 5.75 Å². The first kappa shape index (κ1) is 21.7. The monoisotopic (exact) mass is 438 g/mol. The lowest BCUT2D eigenvalue weighted by atomic mass is 10.1. The normalized spacial score (nSPS) is 14.9. The van der Waals surface area contributed by atoms with Gasteiger partial charge in [-0.25, -0.2) is 8.78 Å². The van der Waals surface area contributed by atoms with Gasteiger partial charge in [0, 0.05) is 54.8 Å². The molecule has 1 N–H and O–H groups in total. The third-order valence-electron chi connectivity index (χ3n) is 4.65. The lowest BCUT2D eigenvalue weighted by Crippen LogP contribution is -2.50. The van der Waals surface area contributed by atoms with E-state index in [4.69, 9.17) is 4.74 Å². The molecule has 1 atom stereocenters. The van der Waals surface area contributed by atoms with Crippen molar-refractivity contribution in [3.63, 3.8) is 0 Å². The van der Waals surface area contributed by atoms with Crippen LogP contribution in [0.3, 0.4) is 0 Å². The summed E-state index contributed by atoms with van der Waals surface area (Å²) in [6.07, 6.45) is 0. The maximum absolute atomic E-state index is 13.4. The standard InChI is InChI=1S/C19H19F2N3O5S/c1-29-17-11-13(22-30(27)28)3-4-14(17)19(26)24-8-6-23(7-9-24)18(25)12-2-5-15(20)16(21)10-12/h2-5,10-11,22H,6-9H2,1H3,(H,27,28)/p-1. The van der Waals surface area contributed by atoms with Gasteiger partial charge in [0.2, 0.25) is 0 Å². The first-order chi connectivity index (χ1) is 14.3. The SMILES string of the molecule is COc1cc(NS(=O)[O-])ccc1C(=O)N1CCN(C(=O)c2ccc(F)c(F)c2)CC1. The molecule has 3 rings (SSSR count). The maximum atomic E-state index is 13.4. The van der Waals surface area contributed by atoms with E-state index >= 15 is 0 Å². The van der Waals surface area contributed by atoms with E-state index in [-0.39, 0.29) is 54.7 Å². The van der Waals surface area contributed by atoms with Crippen LogP contribution in [-0.4, -0.2) is 63.7 Å². The number of piperazine rings is 1. The number of rotatable bonds is 5. The van der Waals surface area contributed by atoms with Gasteiger partial charge in [0.05, 0.1) is 12.7 Å². The van der Waals surface area contributed by atoms with E-state index < -0.39 is 28.8 Å². The molecule has 0 radical (unpaired) electrons. The largest absolute Gasteiger partial charge is 0.755 e. The zero-order valence-electron chi connectivity index (χ0n) is 15.9. The Morgan fingerprint density at radius 2 is 1.63 bits per heavy atom. The van der Waals surface area contributed by atoms with Crippen molar-refractivity contribution in [2.45, 2.75) is 0 Å². The van der Waals surface area contributed by atoms with Gasteiger partial charge in [-0.1, -0.05) is 0 Å². The second-order valence-electron chi connectivity index (χ2n) is 6.47. The van der Waals surface area contributed by atoms with Crippen molar-refractivity contribution < 1.29 is 31.9 Å². The number of anilines is 1. The van der Waals surface area contributed by atoms with Gasteiger partial charge in [-0.2, -0.15) is 0 Å². The third-order valence-corrected chi connectivity index (χ3v) is 5.06. The molecule has 1 unspecified atom stereocenters. The van der Waals surface area contributed by atoms with Crippen LogP contribution in [0, 0.1) is 11.6 Å². The number of ether oxygens (including phenoxy) is 1. The van der Waals surface area contributed by atoms with Crippen LogP contribution >= 0.6 is 0 Å². The lowest BCUT2D eigenvalue weighted by molar-refractivity contribution is 0.0533. The number of carbonyl (C=O) groups is 2. The number of hydrogen-bond donors (Lipinski definition) is 1. The molecule has 0 aromatic heterocycles. The summed E-state index contributed by atoms with van der Waals surface area (Å²) in [5, 5.41) is 0. The molecule has 2 amide bonds. The Morgan fingerprint density at radius 1 is 1.00 bits per heavy atom. The summed E-state index contributed by atoms with van der Waals surface area (Å²) in [6, 6.07) is 7.25. The molecule has 11 heteroatoms. The maximum Gasteiger partial charge on any atom is 0.257 e. The van der Waals surface area contributed by atoms with E-state index in [0.29, 0.717) is 0 Å². The summed E-state index contributed by atoms with van der Waals surface area (Å²) >= 11 is -2.51. The van der Waals surface area contributed by atoms with E-state index in [1.165, 1.54) is 41.2 Å². The number of methoxy groups -OCH3 is 1. The molecule has 1 fully saturated rings. The van der Waals surface area contributed by atoms with E-state index in [1.807, 2.05) is 0 Å². The van der Waals surface area contributed by atoms with Gasteiger partial charge in [0.15, 0.2) is 11.6 Å². The highest BCUT2D eigenvalue weighted by atomic mass is 32.2. The smallest absolute Gasteiger partial charge is 0.257 e. The Balaban J connectivity index is 1.67. The van der Waals surface area contributed by atoms with Crippen LogP contribution in [0.1, 0.15) is 20.7 Å². The van der Waals surface area contributed by atoms with Crippen molar-refractivity contribution in [2.75, 3.05) is 38.0 Å². The summed E-state index contributed by atoms with van der Waals surface area (Å²) in [4.78, 5) is 28.3. The fourth-order valence-corrected chi connectivity index (χ4v) is 3.44. The van der Waals surface area contributed by atoms with Gasteiger partial charge in [0.1, 0.15) is 5.75 Å². The van der Waals surface area contributed by atoms with Gasteiger partial charge in [0.25, 0.3) is 11.8 Å². The Kier molecular flexibility index (Phi) is 6.63. The predicted molar refractivity (Wildman–Crippen MR) is 104 cm³/mol. The van der Waals surface area contributed by atoms with Gasteiger partial charge >= 0.3 is 0 Å². The van der Waals surface area contributed by atoms with Crippen LogP contribution in [-0.2, 0) is 11.3 Å². The van der Waals surface area contributed by atoms with E-state index in [2.05, 4.69) is 4.72 Å². The molecular weight excluding hydrogens is 420 g/mol. The second-order valence-corrected chi connectivity index (χ2v) is 7.14. The highest BCUT2D eigenvalue weighted by Gasteiger charge is 2.27. The highest BCUT2D eigenvalue weighted by molar-refractivity contribution is 7.80. The minimum absolute atomic E-state index is 0.0363. The Labute approximate surface area is 173 Å². The Morgan fingerprint density at radius 3 is 2.20 bits per heavy atom. The summed E-state index contributed by atoms with van der Waals surface area (Å²) in [7, 11) is 1.36. The first-order valence-corrected chi connectivity index (χ1v) is 9.95. The molecule has 0 saturated carbocycles. The average molecular weight is 438 g/mol. The summed E-state index contributed by atoms with van der Waals surface area (Å²) in [6.45, 7) is 0.922. The molecule has 0 spiro atoms. The van der Waals surface area contributed by atoms with E-state index in [9.17, 15) is 27.1 Å². The molecule has 0 bridgehead atoms. The van der Waals surface area contributed by atoms with Crippen LogP contribution in [0.15, 0.2) is 36.4 Å².